The molecule has 0 aromatic heterocycles. The Bertz CT molecular complexity index is 695. The normalized spacial score (nSPS) is 15.5. The maximum atomic E-state index is 11.2. The van der Waals surface area contributed by atoms with Crippen LogP contribution in [-0.2, 0) is 13.2 Å². The fourth-order valence-corrected chi connectivity index (χ4v) is 3.12. The van der Waals surface area contributed by atoms with Gasteiger partial charge in [-0.1, -0.05) is 30.3 Å². The summed E-state index contributed by atoms with van der Waals surface area (Å²) in [6.07, 6.45) is 0. The van der Waals surface area contributed by atoms with E-state index in [-0.39, 0.29) is 12.2 Å². The molecule has 5 heteroatoms. The topological polar surface area (TPSA) is 64.0 Å². The lowest BCUT2D eigenvalue weighted by atomic mass is 10.1. The van der Waals surface area contributed by atoms with Gasteiger partial charge in [-0.2, -0.15) is 0 Å². The van der Waals surface area contributed by atoms with E-state index >= 15 is 0 Å². The van der Waals surface area contributed by atoms with E-state index in [2.05, 4.69) is 34.1 Å². The third kappa shape index (κ3) is 3.75. The molecule has 2 aromatic carbocycles. The van der Waals surface area contributed by atoms with Crippen LogP contribution in [-0.4, -0.2) is 47.3 Å². The molecule has 2 N–H and O–H groups in total. The Hall–Kier alpha value is -2.37. The Labute approximate surface area is 141 Å². The zero-order valence-electron chi connectivity index (χ0n) is 13.6. The fourth-order valence-electron chi connectivity index (χ4n) is 3.12. The highest BCUT2D eigenvalue weighted by Gasteiger charge is 2.19. The second kappa shape index (κ2) is 7.47. The minimum absolute atomic E-state index is 0.170. The number of aromatic carboxylic acids is 1. The van der Waals surface area contributed by atoms with Crippen LogP contribution in [0.4, 0.5) is 5.69 Å². The van der Waals surface area contributed by atoms with Gasteiger partial charge >= 0.3 is 5.97 Å². The maximum absolute atomic E-state index is 11.2. The Morgan fingerprint density at radius 1 is 1.00 bits per heavy atom. The zero-order chi connectivity index (χ0) is 16.9. The molecule has 0 aliphatic carbocycles. The number of hydrogen-bond donors (Lipinski definition) is 2. The molecule has 126 valence electrons. The lowest BCUT2D eigenvalue weighted by molar-refractivity contribution is 0.0693. The van der Waals surface area contributed by atoms with Crippen LogP contribution in [0.3, 0.4) is 0 Å². The molecule has 1 fully saturated rings. The Kier molecular flexibility index (Phi) is 5.13. The number of aliphatic hydroxyl groups excluding tert-OH is 1. The standard InChI is InChI=1S/C19H22N2O3/c22-14-16-12-17(6-7-18(16)19(23)24)21-10-8-20(9-11-21)13-15-4-2-1-3-5-15/h1-7,12,22H,8-11,13-14H2,(H,23,24). The van der Waals surface area contributed by atoms with Gasteiger partial charge in [0.25, 0.3) is 0 Å². The van der Waals surface area contributed by atoms with Gasteiger partial charge in [-0.25, -0.2) is 4.79 Å². The van der Waals surface area contributed by atoms with E-state index in [0.29, 0.717) is 5.56 Å². The summed E-state index contributed by atoms with van der Waals surface area (Å²) < 4.78 is 0. The van der Waals surface area contributed by atoms with Gasteiger partial charge in [0.2, 0.25) is 0 Å². The number of anilines is 1. The summed E-state index contributed by atoms with van der Waals surface area (Å²) in [6, 6.07) is 15.6. The van der Waals surface area contributed by atoms with Crippen molar-refractivity contribution in [2.24, 2.45) is 0 Å². The molecule has 1 saturated heterocycles. The number of carboxylic acid groups (broad SMARTS) is 1. The van der Waals surface area contributed by atoms with Crippen molar-refractivity contribution in [3.05, 3.63) is 65.2 Å². The van der Waals surface area contributed by atoms with Gasteiger partial charge in [-0.05, 0) is 29.3 Å². The van der Waals surface area contributed by atoms with Crippen LogP contribution in [0.1, 0.15) is 21.5 Å². The van der Waals surface area contributed by atoms with Crippen molar-refractivity contribution in [2.45, 2.75) is 13.2 Å². The van der Waals surface area contributed by atoms with E-state index in [0.717, 1.165) is 38.4 Å². The quantitative estimate of drug-likeness (QED) is 0.882. The molecule has 3 rings (SSSR count). The fraction of sp³-hybridized carbons (Fsp3) is 0.316. The summed E-state index contributed by atoms with van der Waals surface area (Å²) in [7, 11) is 0. The molecule has 0 saturated carbocycles. The second-order valence-corrected chi connectivity index (χ2v) is 6.05. The number of carbonyl (C=O) groups is 1. The van der Waals surface area contributed by atoms with Crippen LogP contribution in [0.2, 0.25) is 0 Å². The van der Waals surface area contributed by atoms with Crippen molar-refractivity contribution in [1.82, 2.24) is 4.90 Å². The molecule has 2 aromatic rings. The van der Waals surface area contributed by atoms with E-state index in [4.69, 9.17) is 5.11 Å². The zero-order valence-corrected chi connectivity index (χ0v) is 13.6. The molecule has 0 unspecified atom stereocenters. The lowest BCUT2D eigenvalue weighted by Gasteiger charge is -2.36. The Morgan fingerprint density at radius 3 is 2.33 bits per heavy atom. The Morgan fingerprint density at radius 2 is 1.71 bits per heavy atom. The van der Waals surface area contributed by atoms with Crippen LogP contribution < -0.4 is 4.90 Å². The van der Waals surface area contributed by atoms with Crippen molar-refractivity contribution in [1.29, 1.82) is 0 Å². The predicted molar refractivity (Wildman–Crippen MR) is 93.3 cm³/mol. The minimum Gasteiger partial charge on any atom is -0.478 e. The third-order valence-electron chi connectivity index (χ3n) is 4.48. The molecule has 0 radical (unpaired) electrons. The third-order valence-corrected chi connectivity index (χ3v) is 4.48. The average Bonchev–Trinajstić information content (AvgIpc) is 2.62. The summed E-state index contributed by atoms with van der Waals surface area (Å²) in [5, 5.41) is 18.5. The van der Waals surface area contributed by atoms with Crippen LogP contribution in [0.25, 0.3) is 0 Å². The van der Waals surface area contributed by atoms with Crippen LogP contribution in [0.5, 0.6) is 0 Å². The number of carboxylic acids is 1. The number of hydrogen-bond acceptors (Lipinski definition) is 4. The van der Waals surface area contributed by atoms with Gasteiger partial charge in [0.1, 0.15) is 0 Å². The van der Waals surface area contributed by atoms with E-state index in [1.807, 2.05) is 12.1 Å². The highest BCUT2D eigenvalue weighted by Crippen LogP contribution is 2.22. The molecule has 0 spiro atoms. The largest absolute Gasteiger partial charge is 0.478 e. The number of rotatable bonds is 5. The van der Waals surface area contributed by atoms with Crippen LogP contribution in [0.15, 0.2) is 48.5 Å². The first-order chi connectivity index (χ1) is 11.7. The SMILES string of the molecule is O=C(O)c1ccc(N2CCN(Cc3ccccc3)CC2)cc1CO. The summed E-state index contributed by atoms with van der Waals surface area (Å²) in [4.78, 5) is 15.8. The summed E-state index contributed by atoms with van der Waals surface area (Å²) in [5.41, 5.74) is 2.93. The van der Waals surface area contributed by atoms with Crippen molar-refractivity contribution in [2.75, 3.05) is 31.1 Å². The first-order valence-electron chi connectivity index (χ1n) is 8.15. The lowest BCUT2D eigenvalue weighted by Crippen LogP contribution is -2.46. The number of benzene rings is 2. The first kappa shape index (κ1) is 16.5. The molecule has 1 heterocycles. The monoisotopic (exact) mass is 326 g/mol. The average molecular weight is 326 g/mol. The van der Waals surface area contributed by atoms with Crippen molar-refractivity contribution in [3.8, 4) is 0 Å². The van der Waals surface area contributed by atoms with E-state index < -0.39 is 5.97 Å². The number of nitrogens with zero attached hydrogens (tertiary/aromatic N) is 2. The molecular weight excluding hydrogens is 304 g/mol. The summed E-state index contributed by atoms with van der Waals surface area (Å²) >= 11 is 0. The number of piperazine rings is 1. The van der Waals surface area contributed by atoms with Gasteiger partial charge in [0.15, 0.2) is 0 Å². The molecule has 1 aliphatic rings. The van der Waals surface area contributed by atoms with Crippen molar-refractivity contribution < 1.29 is 15.0 Å². The summed E-state index contributed by atoms with van der Waals surface area (Å²) in [5.74, 6) is -1.00. The van der Waals surface area contributed by atoms with Gasteiger partial charge < -0.3 is 15.1 Å². The molecule has 0 amide bonds. The smallest absolute Gasteiger partial charge is 0.336 e. The highest BCUT2D eigenvalue weighted by molar-refractivity contribution is 5.90. The first-order valence-corrected chi connectivity index (χ1v) is 8.15. The van der Waals surface area contributed by atoms with E-state index in [1.165, 1.54) is 5.56 Å². The van der Waals surface area contributed by atoms with Gasteiger partial charge in [0.05, 0.1) is 12.2 Å². The van der Waals surface area contributed by atoms with Crippen molar-refractivity contribution >= 4 is 11.7 Å². The number of aliphatic hydroxyl groups is 1. The van der Waals surface area contributed by atoms with E-state index in [9.17, 15) is 9.90 Å². The van der Waals surface area contributed by atoms with Crippen LogP contribution in [0, 0.1) is 0 Å². The molecular formula is C19H22N2O3. The molecule has 1 aliphatic heterocycles. The predicted octanol–water partition coefficient (Wildman–Crippen LogP) is 2.20. The van der Waals surface area contributed by atoms with Gasteiger partial charge in [-0.15, -0.1) is 0 Å². The summed E-state index contributed by atoms with van der Waals surface area (Å²) in [6.45, 7) is 4.40. The molecule has 0 atom stereocenters. The second-order valence-electron chi connectivity index (χ2n) is 6.05. The van der Waals surface area contributed by atoms with Crippen LogP contribution >= 0.6 is 0 Å². The van der Waals surface area contributed by atoms with Crippen molar-refractivity contribution in [3.63, 3.8) is 0 Å². The van der Waals surface area contributed by atoms with Gasteiger partial charge in [0, 0.05) is 38.4 Å². The minimum atomic E-state index is -1.00. The molecule has 5 nitrogen and oxygen atoms in total. The molecule has 24 heavy (non-hydrogen) atoms. The van der Waals surface area contributed by atoms with E-state index in [1.54, 1.807) is 12.1 Å². The van der Waals surface area contributed by atoms with Gasteiger partial charge in [-0.3, -0.25) is 4.90 Å². The highest BCUT2D eigenvalue weighted by atomic mass is 16.4. The maximum Gasteiger partial charge on any atom is 0.336 e. The Balaban J connectivity index is 1.63. The molecule has 0 bridgehead atoms.